The second-order valence-corrected chi connectivity index (χ2v) is 6.97. The summed E-state index contributed by atoms with van der Waals surface area (Å²) in [6.45, 7) is 9.06. The highest BCUT2D eigenvalue weighted by Gasteiger charge is 2.51. The van der Waals surface area contributed by atoms with Crippen molar-refractivity contribution in [3.8, 4) is 0 Å². The van der Waals surface area contributed by atoms with E-state index < -0.39 is 11.1 Å². The van der Waals surface area contributed by atoms with Crippen LogP contribution in [0.4, 0.5) is 9.59 Å². The van der Waals surface area contributed by atoms with Crippen LogP contribution in [-0.4, -0.2) is 58.5 Å². The summed E-state index contributed by atoms with van der Waals surface area (Å²) in [5, 5.41) is 0. The fourth-order valence-corrected chi connectivity index (χ4v) is 3.07. The van der Waals surface area contributed by atoms with E-state index >= 15 is 0 Å². The standard InChI is InChI=1S/C15H26N4O3/c1-5-8-19-12(20)17-11(16)15(19)7-6-9-18(10-15)13(21)22-14(2,3)4/h5-10H2,1-4H3,(H2,16,17,20). The number of urea groups is 1. The summed E-state index contributed by atoms with van der Waals surface area (Å²) in [5.74, 6) is 0.319. The molecule has 1 saturated heterocycles. The summed E-state index contributed by atoms with van der Waals surface area (Å²) in [5.41, 5.74) is 4.84. The first-order valence-electron chi connectivity index (χ1n) is 7.84. The normalized spacial score (nSPS) is 25.6. The quantitative estimate of drug-likeness (QED) is 0.844. The number of nitrogens with two attached hydrogens (primary N) is 1. The SMILES string of the molecule is CCCN1C(=O)N=C(N)C12CCCN(C(=O)OC(C)(C)C)C2. The minimum absolute atomic E-state index is 0.301. The number of carbonyl (C=O) groups excluding carboxylic acids is 2. The van der Waals surface area contributed by atoms with Crippen LogP contribution in [0.1, 0.15) is 47.0 Å². The first-order chi connectivity index (χ1) is 10.2. The van der Waals surface area contributed by atoms with Gasteiger partial charge >= 0.3 is 12.1 Å². The molecular weight excluding hydrogens is 284 g/mol. The zero-order chi connectivity index (χ0) is 16.5. The minimum atomic E-state index is -0.664. The molecule has 0 aromatic carbocycles. The molecule has 7 heteroatoms. The van der Waals surface area contributed by atoms with Gasteiger partial charge in [-0.05, 0) is 40.0 Å². The molecule has 1 spiro atoms. The third-order valence-corrected chi connectivity index (χ3v) is 4.01. The Morgan fingerprint density at radius 2 is 2.14 bits per heavy atom. The van der Waals surface area contributed by atoms with Crippen LogP contribution in [0, 0.1) is 0 Å². The maximum Gasteiger partial charge on any atom is 0.410 e. The van der Waals surface area contributed by atoms with Crippen molar-refractivity contribution in [2.75, 3.05) is 19.6 Å². The van der Waals surface area contributed by atoms with Gasteiger partial charge in [-0.15, -0.1) is 0 Å². The van der Waals surface area contributed by atoms with Crippen molar-refractivity contribution in [3.05, 3.63) is 0 Å². The van der Waals surface area contributed by atoms with Gasteiger partial charge in [0.05, 0.1) is 6.54 Å². The van der Waals surface area contributed by atoms with Gasteiger partial charge < -0.3 is 20.3 Å². The van der Waals surface area contributed by atoms with Crippen LogP contribution in [0.5, 0.6) is 0 Å². The Labute approximate surface area is 131 Å². The molecule has 0 radical (unpaired) electrons. The summed E-state index contributed by atoms with van der Waals surface area (Å²) in [6, 6.07) is -0.301. The number of amidine groups is 1. The van der Waals surface area contributed by atoms with Gasteiger partial charge in [-0.25, -0.2) is 9.59 Å². The molecule has 2 rings (SSSR count). The summed E-state index contributed by atoms with van der Waals surface area (Å²) in [7, 11) is 0. The van der Waals surface area contributed by atoms with Crippen molar-refractivity contribution in [3.63, 3.8) is 0 Å². The van der Waals surface area contributed by atoms with Gasteiger partial charge in [0, 0.05) is 13.1 Å². The molecular formula is C15H26N4O3. The number of hydrogen-bond donors (Lipinski definition) is 1. The van der Waals surface area contributed by atoms with Crippen LogP contribution in [-0.2, 0) is 4.74 Å². The van der Waals surface area contributed by atoms with Gasteiger partial charge in [0.15, 0.2) is 0 Å². The Hall–Kier alpha value is -1.79. The van der Waals surface area contributed by atoms with Crippen LogP contribution in [0.2, 0.25) is 0 Å². The summed E-state index contributed by atoms with van der Waals surface area (Å²) >= 11 is 0. The molecule has 2 aliphatic heterocycles. The second kappa shape index (κ2) is 5.78. The topological polar surface area (TPSA) is 88.2 Å². The summed E-state index contributed by atoms with van der Waals surface area (Å²) in [4.78, 5) is 31.7. The third-order valence-electron chi connectivity index (χ3n) is 4.01. The van der Waals surface area contributed by atoms with Crippen LogP contribution in [0.15, 0.2) is 4.99 Å². The molecule has 2 N–H and O–H groups in total. The van der Waals surface area contributed by atoms with E-state index in [1.807, 2.05) is 27.7 Å². The Morgan fingerprint density at radius 1 is 1.45 bits per heavy atom. The zero-order valence-electron chi connectivity index (χ0n) is 13.9. The van der Waals surface area contributed by atoms with Crippen molar-refractivity contribution < 1.29 is 14.3 Å². The largest absolute Gasteiger partial charge is 0.444 e. The molecule has 1 atom stereocenters. The molecule has 1 fully saturated rings. The Balaban J connectivity index is 2.19. The maximum atomic E-state index is 12.3. The predicted octanol–water partition coefficient (Wildman–Crippen LogP) is 1.96. The molecule has 7 nitrogen and oxygen atoms in total. The smallest absolute Gasteiger partial charge is 0.410 e. The molecule has 0 aliphatic carbocycles. The summed E-state index contributed by atoms with van der Waals surface area (Å²) in [6.07, 6.45) is 1.95. The number of piperidine rings is 1. The molecule has 1 unspecified atom stereocenters. The van der Waals surface area contributed by atoms with Crippen molar-refractivity contribution in [2.24, 2.45) is 10.7 Å². The van der Waals surface area contributed by atoms with Crippen LogP contribution < -0.4 is 5.73 Å². The summed E-state index contributed by atoms with van der Waals surface area (Å²) < 4.78 is 5.44. The van der Waals surface area contributed by atoms with Gasteiger partial charge in [0.25, 0.3) is 0 Å². The van der Waals surface area contributed by atoms with E-state index in [0.717, 1.165) is 19.3 Å². The van der Waals surface area contributed by atoms with Crippen molar-refractivity contribution in [1.29, 1.82) is 0 Å². The van der Waals surface area contributed by atoms with Gasteiger partial charge in [-0.1, -0.05) is 6.92 Å². The van der Waals surface area contributed by atoms with Crippen molar-refractivity contribution >= 4 is 18.0 Å². The molecule has 3 amide bonds. The highest BCUT2D eigenvalue weighted by molar-refractivity contribution is 6.06. The molecule has 2 heterocycles. The van der Waals surface area contributed by atoms with E-state index in [2.05, 4.69) is 4.99 Å². The number of hydrogen-bond acceptors (Lipinski definition) is 4. The van der Waals surface area contributed by atoms with E-state index in [0.29, 0.717) is 25.5 Å². The van der Waals surface area contributed by atoms with E-state index in [4.69, 9.17) is 10.5 Å². The number of likely N-dealkylation sites (tertiary alicyclic amines) is 1. The number of rotatable bonds is 2. The number of ether oxygens (including phenoxy) is 1. The van der Waals surface area contributed by atoms with Crippen molar-refractivity contribution in [1.82, 2.24) is 9.80 Å². The molecule has 2 aliphatic rings. The molecule has 0 aromatic rings. The van der Waals surface area contributed by atoms with Crippen LogP contribution in [0.3, 0.4) is 0 Å². The van der Waals surface area contributed by atoms with E-state index in [-0.39, 0.29) is 12.1 Å². The minimum Gasteiger partial charge on any atom is -0.444 e. The number of amides is 3. The van der Waals surface area contributed by atoms with E-state index in [1.54, 1.807) is 9.80 Å². The number of aliphatic imine (C=N–C) groups is 1. The second-order valence-electron chi connectivity index (χ2n) is 6.97. The van der Waals surface area contributed by atoms with Gasteiger partial charge in [-0.2, -0.15) is 4.99 Å². The maximum absolute atomic E-state index is 12.3. The van der Waals surface area contributed by atoms with Crippen LogP contribution >= 0.6 is 0 Å². The highest BCUT2D eigenvalue weighted by atomic mass is 16.6. The highest BCUT2D eigenvalue weighted by Crippen LogP contribution is 2.33. The average Bonchev–Trinajstić information content (AvgIpc) is 2.62. The first-order valence-corrected chi connectivity index (χ1v) is 7.84. The number of carbonyl (C=O) groups is 2. The fraction of sp³-hybridized carbons (Fsp3) is 0.800. The van der Waals surface area contributed by atoms with Crippen LogP contribution in [0.25, 0.3) is 0 Å². The lowest BCUT2D eigenvalue weighted by Gasteiger charge is -2.45. The molecule has 124 valence electrons. The molecule has 0 bridgehead atoms. The van der Waals surface area contributed by atoms with Gasteiger partial charge in [0.2, 0.25) is 0 Å². The molecule has 0 saturated carbocycles. The Kier molecular flexibility index (Phi) is 4.35. The predicted molar refractivity (Wildman–Crippen MR) is 83.8 cm³/mol. The Morgan fingerprint density at radius 3 is 2.73 bits per heavy atom. The monoisotopic (exact) mass is 310 g/mol. The lowest BCUT2D eigenvalue weighted by atomic mass is 9.87. The van der Waals surface area contributed by atoms with E-state index in [1.165, 1.54) is 0 Å². The Bertz CT molecular complexity index is 498. The zero-order valence-corrected chi connectivity index (χ0v) is 13.9. The number of nitrogens with zero attached hydrogens (tertiary/aromatic N) is 3. The van der Waals surface area contributed by atoms with Gasteiger partial charge in [-0.3, -0.25) is 0 Å². The fourth-order valence-electron chi connectivity index (χ4n) is 3.07. The third kappa shape index (κ3) is 3.03. The molecule has 22 heavy (non-hydrogen) atoms. The average molecular weight is 310 g/mol. The van der Waals surface area contributed by atoms with Crippen molar-refractivity contribution in [2.45, 2.75) is 58.1 Å². The van der Waals surface area contributed by atoms with E-state index in [9.17, 15) is 9.59 Å². The molecule has 0 aromatic heterocycles. The van der Waals surface area contributed by atoms with Gasteiger partial charge in [0.1, 0.15) is 17.0 Å². The lowest BCUT2D eigenvalue weighted by molar-refractivity contribution is 0.00837. The lowest BCUT2D eigenvalue weighted by Crippen LogP contribution is -2.64. The first kappa shape index (κ1) is 16.6.